The van der Waals surface area contributed by atoms with E-state index < -0.39 is 0 Å². The molecule has 0 aromatic carbocycles. The molecule has 25 heavy (non-hydrogen) atoms. The number of anilines is 1. The van der Waals surface area contributed by atoms with E-state index in [2.05, 4.69) is 61.4 Å². The molecule has 2 unspecified atom stereocenters. The zero-order valence-electron chi connectivity index (χ0n) is 15.3. The van der Waals surface area contributed by atoms with Crippen LogP contribution in [0.25, 0.3) is 11.2 Å². The molecule has 2 atom stereocenters. The summed E-state index contributed by atoms with van der Waals surface area (Å²) in [7, 11) is 0. The van der Waals surface area contributed by atoms with Crippen LogP contribution in [0.5, 0.6) is 0 Å². The molecule has 0 radical (unpaired) electrons. The van der Waals surface area contributed by atoms with Crippen LogP contribution >= 0.6 is 0 Å². The number of rotatable bonds is 3. The molecule has 0 bridgehead atoms. The minimum Gasteiger partial charge on any atom is -0.352 e. The van der Waals surface area contributed by atoms with Crippen LogP contribution < -0.4 is 15.8 Å². The Morgan fingerprint density at radius 2 is 1.88 bits per heavy atom. The van der Waals surface area contributed by atoms with Gasteiger partial charge in [0.05, 0.1) is 6.33 Å². The summed E-state index contributed by atoms with van der Waals surface area (Å²) in [6.07, 6.45) is 4.47. The molecule has 0 spiro atoms. The fraction of sp³-hybridized carbons (Fsp3) is 0.706. The van der Waals surface area contributed by atoms with E-state index in [4.69, 9.17) is 0 Å². The normalized spacial score (nSPS) is 25.8. The van der Waals surface area contributed by atoms with Crippen LogP contribution in [0, 0.1) is 5.41 Å². The topological polar surface area (TPSA) is 85.0 Å². The quantitative estimate of drug-likeness (QED) is 0.758. The summed E-state index contributed by atoms with van der Waals surface area (Å²) in [6.45, 7) is 12.1. The molecular weight excluding hydrogens is 316 g/mol. The molecule has 2 aliphatic rings. The zero-order chi connectivity index (χ0) is 17.4. The van der Waals surface area contributed by atoms with Gasteiger partial charge < -0.3 is 9.88 Å². The number of nitrogens with zero attached hydrogens (tertiary/aromatic N) is 5. The standard InChI is InChI=1S/C17H28N8/c1-17(2,3)13-8-12(22-23-13)9-24-4-6-25(7-5-24)16-14-15(19-10-18-14)20-11-21-16/h10-13,22-23H,4-9H2,1-3H3,(H,18,19,20,21). The van der Waals surface area contributed by atoms with Gasteiger partial charge in [-0.05, 0) is 11.8 Å². The van der Waals surface area contributed by atoms with Crippen LogP contribution in [0.15, 0.2) is 12.7 Å². The largest absolute Gasteiger partial charge is 0.352 e. The van der Waals surface area contributed by atoms with E-state index in [0.717, 1.165) is 49.7 Å². The highest BCUT2D eigenvalue weighted by molar-refractivity contribution is 5.82. The number of aromatic amines is 1. The van der Waals surface area contributed by atoms with Crippen LogP contribution in [0.4, 0.5) is 5.82 Å². The Hall–Kier alpha value is -1.77. The molecule has 136 valence electrons. The second-order valence-electron chi connectivity index (χ2n) is 8.23. The molecule has 0 saturated carbocycles. The lowest BCUT2D eigenvalue weighted by Crippen LogP contribution is -2.50. The van der Waals surface area contributed by atoms with Gasteiger partial charge in [0.25, 0.3) is 0 Å². The minimum absolute atomic E-state index is 0.295. The Balaban J connectivity index is 1.33. The van der Waals surface area contributed by atoms with E-state index in [1.807, 2.05) is 0 Å². The number of nitrogens with one attached hydrogen (secondary N) is 3. The van der Waals surface area contributed by atoms with Crippen LogP contribution in [0.3, 0.4) is 0 Å². The lowest BCUT2D eigenvalue weighted by molar-refractivity contribution is 0.232. The number of hydrazine groups is 1. The number of piperazine rings is 1. The third-order valence-electron chi connectivity index (χ3n) is 5.38. The Labute approximate surface area is 148 Å². The van der Waals surface area contributed by atoms with Crippen molar-refractivity contribution in [2.75, 3.05) is 37.6 Å². The van der Waals surface area contributed by atoms with Crippen LogP contribution in [-0.4, -0.2) is 69.6 Å². The molecule has 2 saturated heterocycles. The maximum Gasteiger partial charge on any atom is 0.182 e. The van der Waals surface area contributed by atoms with Gasteiger partial charge in [-0.15, -0.1) is 0 Å². The number of hydrogen-bond acceptors (Lipinski definition) is 7. The van der Waals surface area contributed by atoms with Crippen LogP contribution in [0.1, 0.15) is 27.2 Å². The van der Waals surface area contributed by atoms with Gasteiger partial charge in [-0.3, -0.25) is 15.8 Å². The summed E-state index contributed by atoms with van der Waals surface area (Å²) in [6, 6.07) is 1.06. The second kappa shape index (κ2) is 6.51. The highest BCUT2D eigenvalue weighted by atomic mass is 15.4. The average molecular weight is 344 g/mol. The number of aromatic nitrogens is 4. The Bertz CT molecular complexity index is 713. The third kappa shape index (κ3) is 3.47. The molecule has 3 N–H and O–H groups in total. The highest BCUT2D eigenvalue weighted by Gasteiger charge is 2.33. The molecule has 2 fully saturated rings. The van der Waals surface area contributed by atoms with Crippen molar-refractivity contribution in [3.05, 3.63) is 12.7 Å². The zero-order valence-corrected chi connectivity index (χ0v) is 15.3. The van der Waals surface area contributed by atoms with Gasteiger partial charge >= 0.3 is 0 Å². The Kier molecular flexibility index (Phi) is 4.35. The molecular formula is C17H28N8. The van der Waals surface area contributed by atoms with E-state index in [-0.39, 0.29) is 0 Å². The van der Waals surface area contributed by atoms with Gasteiger partial charge in [0, 0.05) is 44.8 Å². The maximum atomic E-state index is 4.47. The highest BCUT2D eigenvalue weighted by Crippen LogP contribution is 2.26. The van der Waals surface area contributed by atoms with Crippen molar-refractivity contribution in [3.63, 3.8) is 0 Å². The van der Waals surface area contributed by atoms with Crippen molar-refractivity contribution >= 4 is 17.0 Å². The van der Waals surface area contributed by atoms with Crippen molar-refractivity contribution in [1.29, 1.82) is 0 Å². The number of hydrogen-bond donors (Lipinski definition) is 3. The first kappa shape index (κ1) is 16.7. The van der Waals surface area contributed by atoms with Gasteiger partial charge in [0.1, 0.15) is 11.8 Å². The summed E-state index contributed by atoms with van der Waals surface area (Å²) in [5, 5.41) is 0. The van der Waals surface area contributed by atoms with Crippen LogP contribution in [-0.2, 0) is 0 Å². The van der Waals surface area contributed by atoms with Crippen molar-refractivity contribution in [3.8, 4) is 0 Å². The fourth-order valence-electron chi connectivity index (χ4n) is 3.76. The fourth-order valence-corrected chi connectivity index (χ4v) is 3.76. The molecule has 0 amide bonds. The third-order valence-corrected chi connectivity index (χ3v) is 5.38. The predicted molar refractivity (Wildman–Crippen MR) is 98.3 cm³/mol. The van der Waals surface area contributed by atoms with E-state index in [0.29, 0.717) is 17.5 Å². The number of fused-ring (bicyclic) bond motifs is 1. The monoisotopic (exact) mass is 344 g/mol. The molecule has 4 heterocycles. The molecule has 0 aliphatic carbocycles. The molecule has 2 aliphatic heterocycles. The minimum atomic E-state index is 0.295. The molecule has 2 aromatic heterocycles. The first-order valence-electron chi connectivity index (χ1n) is 9.13. The van der Waals surface area contributed by atoms with Crippen molar-refractivity contribution in [1.82, 2.24) is 35.7 Å². The molecule has 4 rings (SSSR count). The molecule has 8 nitrogen and oxygen atoms in total. The summed E-state index contributed by atoms with van der Waals surface area (Å²) in [5.41, 5.74) is 8.93. The van der Waals surface area contributed by atoms with Gasteiger partial charge in [0.2, 0.25) is 0 Å². The second-order valence-corrected chi connectivity index (χ2v) is 8.23. The van der Waals surface area contributed by atoms with E-state index in [9.17, 15) is 0 Å². The van der Waals surface area contributed by atoms with Crippen LogP contribution in [0.2, 0.25) is 0 Å². The van der Waals surface area contributed by atoms with E-state index in [1.165, 1.54) is 6.42 Å². The summed E-state index contributed by atoms with van der Waals surface area (Å²) < 4.78 is 0. The smallest absolute Gasteiger partial charge is 0.182 e. The van der Waals surface area contributed by atoms with Crippen molar-refractivity contribution in [2.45, 2.75) is 39.3 Å². The lowest BCUT2D eigenvalue weighted by Gasteiger charge is -2.36. The molecule has 2 aromatic rings. The maximum absolute atomic E-state index is 4.47. The summed E-state index contributed by atoms with van der Waals surface area (Å²) in [5.74, 6) is 0.968. The first-order chi connectivity index (χ1) is 12.0. The summed E-state index contributed by atoms with van der Waals surface area (Å²) in [4.78, 5) is 20.9. The van der Waals surface area contributed by atoms with E-state index in [1.54, 1.807) is 12.7 Å². The van der Waals surface area contributed by atoms with Crippen molar-refractivity contribution < 1.29 is 0 Å². The Morgan fingerprint density at radius 3 is 2.60 bits per heavy atom. The summed E-state index contributed by atoms with van der Waals surface area (Å²) >= 11 is 0. The SMILES string of the molecule is CC(C)(C)C1CC(CN2CCN(c3ncnc4nc[nH]c34)CC2)NN1. The van der Waals surface area contributed by atoms with Crippen molar-refractivity contribution in [2.24, 2.45) is 5.41 Å². The van der Waals surface area contributed by atoms with E-state index >= 15 is 0 Å². The first-order valence-corrected chi connectivity index (χ1v) is 9.13. The number of imidazole rings is 1. The van der Waals surface area contributed by atoms with Gasteiger partial charge in [-0.1, -0.05) is 20.8 Å². The van der Waals surface area contributed by atoms with Gasteiger partial charge in [-0.2, -0.15) is 0 Å². The van der Waals surface area contributed by atoms with Gasteiger partial charge in [0.15, 0.2) is 11.5 Å². The number of H-pyrrole nitrogens is 1. The average Bonchev–Trinajstić information content (AvgIpc) is 3.23. The Morgan fingerprint density at radius 1 is 1.08 bits per heavy atom. The predicted octanol–water partition coefficient (Wildman–Crippen LogP) is 0.756. The lowest BCUT2D eigenvalue weighted by atomic mass is 9.84. The van der Waals surface area contributed by atoms with Gasteiger partial charge in [-0.25, -0.2) is 15.0 Å². The molecule has 8 heteroatoms.